The van der Waals surface area contributed by atoms with E-state index in [2.05, 4.69) is 73.8 Å². The van der Waals surface area contributed by atoms with E-state index in [1.807, 2.05) is 0 Å². The van der Waals surface area contributed by atoms with Crippen LogP contribution in [-0.2, 0) is 0 Å². The monoisotopic (exact) mass is 362 g/mol. The van der Waals surface area contributed by atoms with Crippen molar-refractivity contribution in [2.75, 3.05) is 65.9 Å². The van der Waals surface area contributed by atoms with Gasteiger partial charge in [-0.15, -0.1) is 0 Å². The van der Waals surface area contributed by atoms with Crippen molar-refractivity contribution in [1.29, 1.82) is 0 Å². The quantitative estimate of drug-likeness (QED) is 0.476. The molecule has 3 atom stereocenters. The molecule has 1 fully saturated rings. The van der Waals surface area contributed by atoms with Crippen molar-refractivity contribution >= 4 is 35.1 Å². The van der Waals surface area contributed by atoms with E-state index in [1.165, 1.54) is 0 Å². The maximum atomic E-state index is 2.79. The Balaban J connectivity index is 3.57. The molecule has 0 aromatic rings. The summed E-state index contributed by atoms with van der Waals surface area (Å²) in [5.74, 6) is 2.53. The zero-order chi connectivity index (χ0) is 15.5. The topological polar surface area (TPSA) is 0 Å². The first-order chi connectivity index (χ1) is 8.14. The third-order valence-corrected chi connectivity index (χ3v) is 63.3. The van der Waals surface area contributed by atoms with Crippen molar-refractivity contribution < 1.29 is 0 Å². The first-order valence-electron chi connectivity index (χ1n) is 7.58. The zero-order valence-electron chi connectivity index (χ0n) is 15.2. The summed E-state index contributed by atoms with van der Waals surface area (Å²) < 4.78 is 0. The molecular formula is C14H39P5. The van der Waals surface area contributed by atoms with Gasteiger partial charge < -0.3 is 0 Å². The van der Waals surface area contributed by atoms with Gasteiger partial charge in [0.15, 0.2) is 0 Å². The summed E-state index contributed by atoms with van der Waals surface area (Å²) in [6, 6.07) is 0. The predicted octanol–water partition coefficient (Wildman–Crippen LogP) is 6.37. The molecule has 0 nitrogen and oxygen atoms in total. The Morgan fingerprint density at radius 3 is 1.79 bits per heavy atom. The summed E-state index contributed by atoms with van der Waals surface area (Å²) in [5.41, 5.74) is 0. The summed E-state index contributed by atoms with van der Waals surface area (Å²) in [5, 5.41) is 1.10. The predicted molar refractivity (Wildman–Crippen MR) is 114 cm³/mol. The molecule has 1 saturated heterocycles. The van der Waals surface area contributed by atoms with Crippen LogP contribution in [0.25, 0.3) is 0 Å². The van der Waals surface area contributed by atoms with Crippen molar-refractivity contribution in [3.05, 3.63) is 0 Å². The third kappa shape index (κ3) is 2.99. The van der Waals surface area contributed by atoms with Gasteiger partial charge in [0.05, 0.1) is 0 Å². The van der Waals surface area contributed by atoms with Crippen molar-refractivity contribution in [3.63, 3.8) is 0 Å². The van der Waals surface area contributed by atoms with E-state index in [1.54, 1.807) is 5.90 Å². The molecular weight excluding hydrogens is 323 g/mol. The van der Waals surface area contributed by atoms with Crippen LogP contribution in [-0.4, -0.2) is 71.3 Å². The third-order valence-electron chi connectivity index (χ3n) is 6.50. The van der Waals surface area contributed by atoms with Crippen molar-refractivity contribution in [3.8, 4) is 0 Å². The summed E-state index contributed by atoms with van der Waals surface area (Å²) in [7, 11) is 0.589. The molecule has 3 unspecified atom stereocenters. The van der Waals surface area contributed by atoms with E-state index in [-0.39, 0.29) is 7.61 Å². The van der Waals surface area contributed by atoms with Crippen LogP contribution in [0.3, 0.4) is 0 Å². The van der Waals surface area contributed by atoms with E-state index in [0.717, 1.165) is 11.3 Å². The summed E-state index contributed by atoms with van der Waals surface area (Å²) >= 11 is 0. The van der Waals surface area contributed by atoms with Gasteiger partial charge in [-0.05, 0) is 0 Å². The summed E-state index contributed by atoms with van der Waals surface area (Å²) in [6.07, 6.45) is -1.51. The van der Waals surface area contributed by atoms with Crippen LogP contribution in [0, 0.1) is 5.92 Å². The van der Waals surface area contributed by atoms with Crippen LogP contribution in [0.15, 0.2) is 0 Å². The first kappa shape index (κ1) is 19.2. The molecule has 0 radical (unpaired) electrons. The van der Waals surface area contributed by atoms with E-state index in [9.17, 15) is 0 Å². The Morgan fingerprint density at radius 1 is 1.00 bits per heavy atom. The van der Waals surface area contributed by atoms with E-state index in [0.29, 0.717) is 7.61 Å². The Hall–Kier alpha value is 2.15. The Labute approximate surface area is 126 Å². The van der Waals surface area contributed by atoms with Gasteiger partial charge in [-0.1, -0.05) is 0 Å². The molecule has 0 saturated carbocycles. The molecule has 1 heterocycles. The van der Waals surface area contributed by atoms with Gasteiger partial charge >= 0.3 is 126 Å². The van der Waals surface area contributed by atoms with Crippen LogP contribution in [0.1, 0.15) is 13.8 Å². The molecule has 5 heteroatoms. The molecule has 0 spiro atoms. The average molecular weight is 362 g/mol. The molecule has 1 aliphatic heterocycles. The molecule has 1 rings (SSSR count). The van der Waals surface area contributed by atoms with Gasteiger partial charge in [-0.25, -0.2) is 0 Å². The Bertz CT molecular complexity index is 351. The normalized spacial score (nSPS) is 45.5. The maximum absolute atomic E-state index is 2.79. The van der Waals surface area contributed by atoms with Crippen LogP contribution < -0.4 is 0 Å². The fourth-order valence-corrected chi connectivity index (χ4v) is 70.6. The minimum atomic E-state index is -1.51. The Morgan fingerprint density at radius 2 is 1.42 bits per heavy atom. The molecule has 0 aromatic heterocycles. The summed E-state index contributed by atoms with van der Waals surface area (Å²) in [4.78, 5) is 0. The first-order valence-corrected chi connectivity index (χ1v) is 23.8. The van der Waals surface area contributed by atoms with Gasteiger partial charge in [-0.3, -0.25) is 0 Å². The van der Waals surface area contributed by atoms with E-state index in [4.69, 9.17) is 0 Å². The second kappa shape index (κ2) is 5.35. The Kier molecular flexibility index (Phi) is 5.41. The SMILES string of the molecule is CC(C)C1[PH](C)(C)[PH](C)(C)P(C)CP(C)P1(C)(C)C. The fraction of sp³-hybridized carbons (Fsp3) is 1.00. The average Bonchev–Trinajstić information content (AvgIpc) is 2.14. The molecule has 120 valence electrons. The molecule has 0 aliphatic carbocycles. The van der Waals surface area contributed by atoms with Gasteiger partial charge in [0.1, 0.15) is 0 Å². The second-order valence-corrected chi connectivity index (χ2v) is 47.9. The fourth-order valence-electron chi connectivity index (χ4n) is 4.75. The van der Waals surface area contributed by atoms with Gasteiger partial charge in [-0.2, -0.15) is 0 Å². The van der Waals surface area contributed by atoms with Crippen molar-refractivity contribution in [2.24, 2.45) is 5.92 Å². The van der Waals surface area contributed by atoms with E-state index < -0.39 is 19.9 Å². The van der Waals surface area contributed by atoms with Crippen molar-refractivity contribution in [1.82, 2.24) is 0 Å². The number of rotatable bonds is 1. The van der Waals surface area contributed by atoms with Gasteiger partial charge in [0, 0.05) is 0 Å². The number of hydrogen-bond donors (Lipinski definition) is 0. The molecule has 19 heavy (non-hydrogen) atoms. The molecule has 0 bridgehead atoms. The number of hydrogen-bond acceptors (Lipinski definition) is 0. The zero-order valence-corrected chi connectivity index (χ0v) is 19.9. The van der Waals surface area contributed by atoms with E-state index >= 15 is 0 Å². The standard InChI is InChI=1S/C14H39P5/c1-13(2)14-17(5,6)18(7,8)15(3)12-16(4)19(14,9,10)11/h13-14,17-18H,12H2,1-11H3. The van der Waals surface area contributed by atoms with Crippen LogP contribution in [0.2, 0.25) is 0 Å². The minimum absolute atomic E-state index is 0.257. The van der Waals surface area contributed by atoms with Crippen LogP contribution in [0.4, 0.5) is 0 Å². The van der Waals surface area contributed by atoms with Crippen LogP contribution >= 0.6 is 35.1 Å². The van der Waals surface area contributed by atoms with Gasteiger partial charge in [0.2, 0.25) is 0 Å². The second-order valence-electron chi connectivity index (χ2n) is 9.30. The van der Waals surface area contributed by atoms with Crippen molar-refractivity contribution in [2.45, 2.75) is 19.2 Å². The van der Waals surface area contributed by atoms with Gasteiger partial charge in [0.25, 0.3) is 0 Å². The molecule has 0 aromatic carbocycles. The molecule has 0 amide bonds. The van der Waals surface area contributed by atoms with Crippen LogP contribution in [0.5, 0.6) is 0 Å². The molecule has 0 N–H and O–H groups in total. The molecule has 1 aliphatic rings. The summed E-state index contributed by atoms with van der Waals surface area (Å²) in [6.45, 7) is 27.6.